The Bertz CT molecular complexity index is 617. The molecule has 7 heteroatoms. The average molecular weight is 336 g/mol. The third-order valence-electron chi connectivity index (χ3n) is 3.82. The van der Waals surface area contributed by atoms with E-state index >= 15 is 0 Å². The van der Waals surface area contributed by atoms with Gasteiger partial charge in [0.2, 0.25) is 5.91 Å². The fourth-order valence-corrected chi connectivity index (χ4v) is 4.15. The molecule has 0 spiro atoms. The van der Waals surface area contributed by atoms with Gasteiger partial charge in [-0.1, -0.05) is 29.8 Å². The van der Waals surface area contributed by atoms with Crippen LogP contribution in [0.2, 0.25) is 0 Å². The van der Waals surface area contributed by atoms with Crippen LogP contribution >= 0.6 is 11.8 Å². The maximum Gasteiger partial charge on any atom is 0.265 e. The minimum atomic E-state index is -0.830. The zero-order valence-corrected chi connectivity index (χ0v) is 14.1. The molecule has 2 amide bonds. The third-order valence-corrected chi connectivity index (χ3v) is 5.27. The second-order valence-corrected chi connectivity index (χ2v) is 6.98. The first kappa shape index (κ1) is 17.5. The van der Waals surface area contributed by atoms with E-state index in [0.29, 0.717) is 0 Å². The molecule has 124 valence electrons. The maximum absolute atomic E-state index is 12.6. The molecule has 3 unspecified atom stereocenters. The van der Waals surface area contributed by atoms with E-state index in [0.717, 1.165) is 11.1 Å². The van der Waals surface area contributed by atoms with E-state index in [1.54, 1.807) is 12.4 Å². The number of carbonyl (C=O) groups excluding carboxylic acids is 3. The van der Waals surface area contributed by atoms with Gasteiger partial charge >= 0.3 is 0 Å². The molecule has 3 atom stereocenters. The van der Waals surface area contributed by atoms with Crippen LogP contribution in [0.3, 0.4) is 0 Å². The number of carbonyl (C=O) groups is 3. The van der Waals surface area contributed by atoms with Gasteiger partial charge in [-0.25, -0.2) is 5.48 Å². The minimum absolute atomic E-state index is 0.0698. The molecule has 0 radical (unpaired) electrons. The molecule has 1 aliphatic rings. The number of benzene rings is 1. The average Bonchev–Trinajstić information content (AvgIpc) is 2.82. The molecule has 0 aliphatic carbocycles. The molecule has 1 aromatic carbocycles. The van der Waals surface area contributed by atoms with Crippen LogP contribution in [-0.4, -0.2) is 39.0 Å². The lowest BCUT2D eigenvalue weighted by Gasteiger charge is -2.29. The van der Waals surface area contributed by atoms with Crippen molar-refractivity contribution < 1.29 is 19.6 Å². The molecular formula is C16H20N2O4S. The summed E-state index contributed by atoms with van der Waals surface area (Å²) in [4.78, 5) is 37.3. The molecule has 6 nitrogen and oxygen atoms in total. The molecular weight excluding hydrogens is 316 g/mol. The molecule has 1 aliphatic heterocycles. The molecule has 1 heterocycles. The fourth-order valence-electron chi connectivity index (χ4n) is 2.54. The Morgan fingerprint density at radius 1 is 1.35 bits per heavy atom. The Morgan fingerprint density at radius 2 is 1.96 bits per heavy atom. The lowest BCUT2D eigenvalue weighted by Crippen LogP contribution is -2.47. The molecule has 1 fully saturated rings. The monoisotopic (exact) mass is 336 g/mol. The minimum Gasteiger partial charge on any atom is -0.314 e. The van der Waals surface area contributed by atoms with Crippen molar-refractivity contribution in [1.82, 2.24) is 10.4 Å². The van der Waals surface area contributed by atoms with Crippen LogP contribution in [0.5, 0.6) is 0 Å². The summed E-state index contributed by atoms with van der Waals surface area (Å²) >= 11 is 1.36. The van der Waals surface area contributed by atoms with Gasteiger partial charge in [-0.2, -0.15) is 0 Å². The van der Waals surface area contributed by atoms with Gasteiger partial charge in [-0.3, -0.25) is 19.6 Å². The smallest absolute Gasteiger partial charge is 0.265 e. The van der Waals surface area contributed by atoms with E-state index < -0.39 is 17.2 Å². The van der Waals surface area contributed by atoms with Crippen molar-refractivity contribution in [3.8, 4) is 0 Å². The lowest BCUT2D eigenvalue weighted by atomic mass is 10.1. The second-order valence-electron chi connectivity index (χ2n) is 5.69. The predicted octanol–water partition coefficient (Wildman–Crippen LogP) is 1.81. The van der Waals surface area contributed by atoms with Gasteiger partial charge in [-0.15, -0.1) is 11.8 Å². The predicted molar refractivity (Wildman–Crippen MR) is 86.8 cm³/mol. The van der Waals surface area contributed by atoms with Crippen LogP contribution < -0.4 is 5.48 Å². The second kappa shape index (κ2) is 7.14. The molecule has 0 aromatic heterocycles. The molecule has 1 saturated heterocycles. The normalized spacial score (nSPS) is 22.1. The topological polar surface area (TPSA) is 86.7 Å². The number of hydroxylamine groups is 1. The molecule has 0 saturated carbocycles. The first-order valence-corrected chi connectivity index (χ1v) is 8.27. The molecule has 23 heavy (non-hydrogen) atoms. The van der Waals surface area contributed by atoms with Gasteiger partial charge in [0.25, 0.3) is 5.91 Å². The number of hydrogen-bond acceptors (Lipinski definition) is 5. The van der Waals surface area contributed by atoms with Crippen LogP contribution in [-0.2, 0) is 14.4 Å². The molecule has 1 aromatic rings. The highest BCUT2D eigenvalue weighted by atomic mass is 32.2. The third kappa shape index (κ3) is 3.73. The fraction of sp³-hybridized carbons (Fsp3) is 0.438. The number of hydrogen-bond donors (Lipinski definition) is 2. The molecule has 2 rings (SSSR count). The van der Waals surface area contributed by atoms with Crippen molar-refractivity contribution in [2.45, 2.75) is 43.9 Å². The summed E-state index contributed by atoms with van der Waals surface area (Å²) < 4.78 is 0. The van der Waals surface area contributed by atoms with Crippen molar-refractivity contribution in [2.75, 3.05) is 0 Å². The lowest BCUT2D eigenvalue weighted by molar-refractivity contribution is -0.143. The van der Waals surface area contributed by atoms with Gasteiger partial charge < -0.3 is 4.90 Å². The zero-order chi connectivity index (χ0) is 17.1. The quantitative estimate of drug-likeness (QED) is 0.632. The molecule has 0 bridgehead atoms. The highest BCUT2D eigenvalue weighted by Gasteiger charge is 2.45. The summed E-state index contributed by atoms with van der Waals surface area (Å²) in [7, 11) is 0. The SMILES string of the molecule is CC(=O)CC1SC(c2ccc(C)cc2)N(C(C)C(=O)NO)C1=O. The van der Waals surface area contributed by atoms with Gasteiger partial charge in [0, 0.05) is 6.42 Å². The van der Waals surface area contributed by atoms with E-state index in [2.05, 4.69) is 0 Å². The summed E-state index contributed by atoms with van der Waals surface area (Å²) in [5.74, 6) is -0.981. The van der Waals surface area contributed by atoms with Gasteiger partial charge in [0.05, 0.1) is 5.25 Å². The van der Waals surface area contributed by atoms with E-state index in [-0.39, 0.29) is 23.5 Å². The number of amides is 2. The van der Waals surface area contributed by atoms with Crippen molar-refractivity contribution in [1.29, 1.82) is 0 Å². The Morgan fingerprint density at radius 3 is 2.48 bits per heavy atom. The van der Waals surface area contributed by atoms with Crippen molar-refractivity contribution in [2.24, 2.45) is 0 Å². The largest absolute Gasteiger partial charge is 0.314 e. The number of nitrogens with one attached hydrogen (secondary N) is 1. The Labute approximate surface area is 139 Å². The number of aryl methyl sites for hydroxylation is 1. The summed E-state index contributed by atoms with van der Waals surface area (Å²) in [5, 5.41) is 7.99. The highest BCUT2D eigenvalue weighted by molar-refractivity contribution is 8.01. The van der Waals surface area contributed by atoms with Crippen molar-refractivity contribution in [3.05, 3.63) is 35.4 Å². The van der Waals surface area contributed by atoms with Crippen LogP contribution in [0.25, 0.3) is 0 Å². The molecule has 2 N–H and O–H groups in total. The Balaban J connectivity index is 2.35. The van der Waals surface area contributed by atoms with E-state index in [1.165, 1.54) is 23.6 Å². The summed E-state index contributed by atoms with van der Waals surface area (Å²) in [6.45, 7) is 4.97. The number of ketones is 1. The van der Waals surface area contributed by atoms with Gasteiger partial charge in [0.1, 0.15) is 17.2 Å². The standard InChI is InChI=1S/C16H20N2O4S/c1-9-4-6-12(7-5-9)16-18(11(3)14(20)17-22)15(21)13(23-16)8-10(2)19/h4-7,11,13,16,22H,8H2,1-3H3,(H,17,20). The van der Waals surface area contributed by atoms with E-state index in [1.807, 2.05) is 31.2 Å². The zero-order valence-electron chi connectivity index (χ0n) is 13.3. The van der Waals surface area contributed by atoms with Crippen molar-refractivity contribution >= 4 is 29.4 Å². The van der Waals surface area contributed by atoms with Gasteiger partial charge in [0.15, 0.2) is 0 Å². The van der Waals surface area contributed by atoms with Crippen LogP contribution in [0, 0.1) is 6.92 Å². The highest BCUT2D eigenvalue weighted by Crippen LogP contribution is 2.45. The number of rotatable bonds is 5. The van der Waals surface area contributed by atoms with E-state index in [4.69, 9.17) is 5.21 Å². The first-order chi connectivity index (χ1) is 10.8. The van der Waals surface area contributed by atoms with Crippen LogP contribution in [0.15, 0.2) is 24.3 Å². The van der Waals surface area contributed by atoms with E-state index in [9.17, 15) is 14.4 Å². The van der Waals surface area contributed by atoms with Gasteiger partial charge in [-0.05, 0) is 26.3 Å². The number of nitrogens with zero attached hydrogens (tertiary/aromatic N) is 1. The van der Waals surface area contributed by atoms with Crippen LogP contribution in [0.1, 0.15) is 36.8 Å². The summed E-state index contributed by atoms with van der Waals surface area (Å²) in [5.41, 5.74) is 3.57. The Kier molecular flexibility index (Phi) is 5.43. The summed E-state index contributed by atoms with van der Waals surface area (Å²) in [6, 6.07) is 6.87. The summed E-state index contributed by atoms with van der Waals surface area (Å²) in [6.07, 6.45) is 0.135. The first-order valence-electron chi connectivity index (χ1n) is 7.32. The maximum atomic E-state index is 12.6. The van der Waals surface area contributed by atoms with Crippen LogP contribution in [0.4, 0.5) is 0 Å². The number of thioether (sulfide) groups is 1. The number of Topliss-reactive ketones (excluding diaryl/α,β-unsaturated/α-hetero) is 1. The Hall–Kier alpha value is -1.86. The van der Waals surface area contributed by atoms with Crippen molar-refractivity contribution in [3.63, 3.8) is 0 Å².